The van der Waals surface area contributed by atoms with Crippen LogP contribution in [0.15, 0.2) is 24.8 Å². The van der Waals surface area contributed by atoms with Gasteiger partial charge in [-0.3, -0.25) is 9.59 Å². The molecule has 104 valence electrons. The summed E-state index contributed by atoms with van der Waals surface area (Å²) in [6.45, 7) is 10.5. The summed E-state index contributed by atoms with van der Waals surface area (Å²) in [6, 6.07) is 1.02. The van der Waals surface area contributed by atoms with Crippen LogP contribution in [0.25, 0.3) is 0 Å². The quantitative estimate of drug-likeness (QED) is 0.343. The second-order valence-corrected chi connectivity index (χ2v) is 11.8. The molecular formula is C14H20O4Si. The van der Waals surface area contributed by atoms with Crippen molar-refractivity contribution in [1.82, 2.24) is 0 Å². The molecule has 0 N–H and O–H groups in total. The number of ether oxygens (including phenoxy) is 2. The molecule has 19 heavy (non-hydrogen) atoms. The van der Waals surface area contributed by atoms with Crippen LogP contribution in [0, 0.1) is 11.8 Å². The van der Waals surface area contributed by atoms with Gasteiger partial charge in [0.05, 0.1) is 12.2 Å². The van der Waals surface area contributed by atoms with Crippen molar-refractivity contribution < 1.29 is 19.1 Å². The zero-order valence-corrected chi connectivity index (χ0v) is 12.6. The Morgan fingerprint density at radius 1 is 1.16 bits per heavy atom. The first-order valence-electron chi connectivity index (χ1n) is 6.54. The van der Waals surface area contributed by atoms with Crippen LogP contribution in [0.4, 0.5) is 0 Å². The van der Waals surface area contributed by atoms with Crippen LogP contribution < -0.4 is 0 Å². The SMILES string of the molecule is C=CC1OC(/C=C/C[Si](C)(C)C)C2C(=O)OC(=O)C12. The predicted octanol–water partition coefficient (Wildman–Crippen LogP) is 2.15. The zero-order valence-electron chi connectivity index (χ0n) is 11.6. The van der Waals surface area contributed by atoms with Gasteiger partial charge in [-0.25, -0.2) is 0 Å². The van der Waals surface area contributed by atoms with Gasteiger partial charge in [0, 0.05) is 8.07 Å². The number of hydrogen-bond donors (Lipinski definition) is 0. The summed E-state index contributed by atoms with van der Waals surface area (Å²) in [5.41, 5.74) is 0. The van der Waals surface area contributed by atoms with Crippen molar-refractivity contribution >= 4 is 20.0 Å². The van der Waals surface area contributed by atoms with Crippen molar-refractivity contribution in [2.45, 2.75) is 37.9 Å². The van der Waals surface area contributed by atoms with E-state index in [1.54, 1.807) is 6.08 Å². The minimum Gasteiger partial charge on any atom is -0.393 e. The largest absolute Gasteiger partial charge is 0.393 e. The number of carbonyl (C=O) groups excluding carboxylic acids is 2. The Balaban J connectivity index is 2.12. The first kappa shape index (κ1) is 14.2. The lowest BCUT2D eigenvalue weighted by atomic mass is 9.89. The van der Waals surface area contributed by atoms with Gasteiger partial charge in [0.15, 0.2) is 0 Å². The van der Waals surface area contributed by atoms with Crippen molar-refractivity contribution in [2.75, 3.05) is 0 Å². The standard InChI is InChI=1S/C14H20O4Si/c1-5-9-11-12(14(16)18-13(11)15)10(17-9)7-6-8-19(2,3)4/h5-7,9-12H,1,8H2,2-4H3/b7-6+. The van der Waals surface area contributed by atoms with Gasteiger partial charge >= 0.3 is 11.9 Å². The highest BCUT2D eigenvalue weighted by Gasteiger charge is 2.57. The fourth-order valence-corrected chi connectivity index (χ4v) is 3.32. The molecule has 4 atom stereocenters. The van der Waals surface area contributed by atoms with Crippen LogP contribution >= 0.6 is 0 Å². The summed E-state index contributed by atoms with van der Waals surface area (Å²) >= 11 is 0. The molecule has 4 nitrogen and oxygen atoms in total. The van der Waals surface area contributed by atoms with E-state index >= 15 is 0 Å². The first-order chi connectivity index (χ1) is 8.83. The van der Waals surface area contributed by atoms with Crippen molar-refractivity contribution in [2.24, 2.45) is 11.8 Å². The van der Waals surface area contributed by atoms with E-state index in [9.17, 15) is 9.59 Å². The lowest BCUT2D eigenvalue weighted by Crippen LogP contribution is -2.23. The van der Waals surface area contributed by atoms with Gasteiger partial charge in [0.25, 0.3) is 0 Å². The lowest BCUT2D eigenvalue weighted by Gasteiger charge is -2.14. The van der Waals surface area contributed by atoms with Gasteiger partial charge in [-0.05, 0) is 6.04 Å². The first-order valence-corrected chi connectivity index (χ1v) is 10.2. The molecule has 0 aromatic carbocycles. The maximum atomic E-state index is 11.7. The summed E-state index contributed by atoms with van der Waals surface area (Å²) in [7, 11) is -1.16. The molecular weight excluding hydrogens is 260 g/mol. The number of cyclic esters (lactones) is 2. The molecule has 4 unspecified atom stereocenters. The van der Waals surface area contributed by atoms with Gasteiger partial charge in [0.1, 0.15) is 11.8 Å². The second-order valence-electron chi connectivity index (χ2n) is 6.29. The molecule has 0 saturated carbocycles. The lowest BCUT2D eigenvalue weighted by molar-refractivity contribution is -0.156. The molecule has 0 bridgehead atoms. The normalized spacial score (nSPS) is 34.7. The van der Waals surface area contributed by atoms with E-state index in [1.807, 2.05) is 6.08 Å². The molecule has 2 aliphatic heterocycles. The van der Waals surface area contributed by atoms with Gasteiger partial charge < -0.3 is 9.47 Å². The van der Waals surface area contributed by atoms with E-state index in [2.05, 4.69) is 32.3 Å². The number of esters is 2. The molecule has 0 spiro atoms. The van der Waals surface area contributed by atoms with Crippen LogP contribution in [0.3, 0.4) is 0 Å². The zero-order chi connectivity index (χ0) is 14.2. The molecule has 0 radical (unpaired) electrons. The molecule has 2 rings (SSSR count). The maximum absolute atomic E-state index is 11.7. The van der Waals surface area contributed by atoms with Gasteiger partial charge in [-0.15, -0.1) is 6.58 Å². The number of hydrogen-bond acceptors (Lipinski definition) is 4. The number of fused-ring (bicyclic) bond motifs is 1. The summed E-state index contributed by atoms with van der Waals surface area (Å²) < 4.78 is 10.4. The third kappa shape index (κ3) is 2.87. The number of carbonyl (C=O) groups is 2. The van der Waals surface area contributed by atoms with Gasteiger partial charge in [0.2, 0.25) is 0 Å². The average molecular weight is 280 g/mol. The van der Waals surface area contributed by atoms with E-state index in [4.69, 9.17) is 9.47 Å². The summed E-state index contributed by atoms with van der Waals surface area (Å²) in [5.74, 6) is -1.98. The smallest absolute Gasteiger partial charge is 0.320 e. The van der Waals surface area contributed by atoms with Gasteiger partial charge in [-0.2, -0.15) is 0 Å². The van der Waals surface area contributed by atoms with Crippen molar-refractivity contribution in [3.63, 3.8) is 0 Å². The molecule has 2 fully saturated rings. The summed E-state index contributed by atoms with van der Waals surface area (Å²) in [5, 5.41) is 0. The maximum Gasteiger partial charge on any atom is 0.320 e. The molecule has 2 heterocycles. The number of rotatable bonds is 4. The Hall–Kier alpha value is -1.20. The molecule has 0 amide bonds. The molecule has 0 aromatic rings. The van der Waals surface area contributed by atoms with Crippen LogP contribution in [-0.2, 0) is 19.1 Å². The highest BCUT2D eigenvalue weighted by molar-refractivity contribution is 6.76. The average Bonchev–Trinajstić information content (AvgIpc) is 2.78. The van der Waals surface area contributed by atoms with Crippen molar-refractivity contribution in [3.05, 3.63) is 24.8 Å². The Labute approximate surface area is 114 Å². The van der Waals surface area contributed by atoms with Crippen LogP contribution in [0.2, 0.25) is 25.7 Å². The van der Waals surface area contributed by atoms with E-state index in [1.165, 1.54) is 0 Å². The van der Waals surface area contributed by atoms with E-state index in [0.29, 0.717) is 0 Å². The molecule has 5 heteroatoms. The predicted molar refractivity (Wildman–Crippen MR) is 74.2 cm³/mol. The third-order valence-electron chi connectivity index (χ3n) is 3.44. The van der Waals surface area contributed by atoms with E-state index < -0.39 is 38.0 Å². The third-order valence-corrected chi connectivity index (χ3v) is 4.90. The Kier molecular flexibility index (Phi) is 3.78. The fourth-order valence-electron chi connectivity index (χ4n) is 2.48. The van der Waals surface area contributed by atoms with Crippen LogP contribution in [0.5, 0.6) is 0 Å². The second kappa shape index (κ2) is 5.05. The monoisotopic (exact) mass is 280 g/mol. The summed E-state index contributed by atoms with van der Waals surface area (Å²) in [4.78, 5) is 23.3. The molecule has 2 saturated heterocycles. The number of allylic oxidation sites excluding steroid dienone is 1. The van der Waals surface area contributed by atoms with Crippen molar-refractivity contribution in [1.29, 1.82) is 0 Å². The molecule has 2 aliphatic rings. The van der Waals surface area contributed by atoms with Gasteiger partial charge in [-0.1, -0.05) is 37.9 Å². The highest BCUT2D eigenvalue weighted by Crippen LogP contribution is 2.40. The Bertz CT molecular complexity index is 435. The minimum absolute atomic E-state index is 0.372. The van der Waals surface area contributed by atoms with E-state index in [0.717, 1.165) is 6.04 Å². The van der Waals surface area contributed by atoms with Crippen LogP contribution in [0.1, 0.15) is 0 Å². The highest BCUT2D eigenvalue weighted by atomic mass is 28.3. The fraction of sp³-hybridized carbons (Fsp3) is 0.571. The van der Waals surface area contributed by atoms with Crippen molar-refractivity contribution in [3.8, 4) is 0 Å². The summed E-state index contributed by atoms with van der Waals surface area (Å²) in [6.07, 6.45) is 4.74. The topological polar surface area (TPSA) is 52.6 Å². The van der Waals surface area contributed by atoms with Crippen LogP contribution in [-0.4, -0.2) is 32.2 Å². The molecule has 0 aromatic heterocycles. The molecule has 0 aliphatic carbocycles. The Morgan fingerprint density at radius 3 is 2.26 bits per heavy atom. The minimum atomic E-state index is -1.16. The Morgan fingerprint density at radius 2 is 1.74 bits per heavy atom. The van der Waals surface area contributed by atoms with E-state index in [-0.39, 0.29) is 6.10 Å².